The van der Waals surface area contributed by atoms with Gasteiger partial charge in [0.25, 0.3) is 5.56 Å². The van der Waals surface area contributed by atoms with Crippen molar-refractivity contribution < 1.29 is 17.9 Å². The Hall–Kier alpha value is -1.71. The maximum absolute atomic E-state index is 12.3. The van der Waals surface area contributed by atoms with Gasteiger partial charge >= 0.3 is 0 Å². The summed E-state index contributed by atoms with van der Waals surface area (Å²) in [5, 5.41) is 0. The monoisotopic (exact) mass is 343 g/mol. The van der Waals surface area contributed by atoms with Gasteiger partial charge in [-0.05, 0) is 13.0 Å². The number of nitrogens with zero attached hydrogens (tertiary/aromatic N) is 3. The molecule has 0 aromatic carbocycles. The number of hydrogen-bond acceptors (Lipinski definition) is 5. The van der Waals surface area contributed by atoms with Gasteiger partial charge in [0.05, 0.1) is 17.6 Å². The second kappa shape index (κ2) is 6.81. The first-order valence-electron chi connectivity index (χ1n) is 7.24. The Kier molecular flexibility index (Phi) is 5.23. The topological polar surface area (TPSA) is 88.9 Å². The van der Waals surface area contributed by atoms with Crippen LogP contribution >= 0.6 is 0 Å². The fourth-order valence-electron chi connectivity index (χ4n) is 2.29. The molecule has 0 radical (unpaired) electrons. The largest absolute Gasteiger partial charge is 0.375 e. The molecule has 1 amide bonds. The minimum Gasteiger partial charge on any atom is -0.375 e. The molecule has 2 heterocycles. The minimum atomic E-state index is -3.66. The first-order chi connectivity index (χ1) is 10.7. The van der Waals surface area contributed by atoms with E-state index in [1.54, 1.807) is 4.90 Å². The van der Waals surface area contributed by atoms with Crippen LogP contribution in [-0.4, -0.2) is 68.0 Å². The Morgan fingerprint density at radius 1 is 1.39 bits per heavy atom. The van der Waals surface area contributed by atoms with E-state index in [0.717, 1.165) is 14.9 Å². The highest BCUT2D eigenvalue weighted by molar-refractivity contribution is 7.89. The third-order valence-electron chi connectivity index (χ3n) is 3.63. The van der Waals surface area contributed by atoms with E-state index < -0.39 is 15.6 Å². The lowest BCUT2D eigenvalue weighted by atomic mass is 10.3. The van der Waals surface area contributed by atoms with Crippen molar-refractivity contribution in [2.24, 2.45) is 0 Å². The molecule has 1 unspecified atom stereocenters. The Morgan fingerprint density at radius 3 is 2.70 bits per heavy atom. The number of hydrogen-bond donors (Lipinski definition) is 0. The zero-order chi connectivity index (χ0) is 17.2. The van der Waals surface area contributed by atoms with Gasteiger partial charge in [-0.15, -0.1) is 0 Å². The van der Waals surface area contributed by atoms with Gasteiger partial charge in [-0.25, -0.2) is 12.7 Å². The molecule has 1 atom stereocenters. The van der Waals surface area contributed by atoms with Crippen LogP contribution in [0, 0.1) is 0 Å². The predicted molar refractivity (Wildman–Crippen MR) is 83.6 cm³/mol. The van der Waals surface area contributed by atoms with Crippen molar-refractivity contribution in [2.45, 2.75) is 24.5 Å². The van der Waals surface area contributed by atoms with Gasteiger partial charge in [0.2, 0.25) is 15.9 Å². The fourth-order valence-corrected chi connectivity index (χ4v) is 3.21. The molecular formula is C14H21N3O5S. The fraction of sp³-hybridized carbons (Fsp3) is 0.571. The molecule has 2 rings (SSSR count). The molecule has 0 N–H and O–H groups in total. The van der Waals surface area contributed by atoms with Crippen molar-refractivity contribution in [3.63, 3.8) is 0 Å². The van der Waals surface area contributed by atoms with Crippen molar-refractivity contribution in [3.05, 3.63) is 28.7 Å². The maximum Gasteiger partial charge on any atom is 0.251 e. The second-order valence-electron chi connectivity index (χ2n) is 5.64. The van der Waals surface area contributed by atoms with Crippen LogP contribution < -0.4 is 5.56 Å². The van der Waals surface area contributed by atoms with Crippen LogP contribution in [0.15, 0.2) is 28.0 Å². The predicted octanol–water partition coefficient (Wildman–Crippen LogP) is -0.654. The molecule has 9 heteroatoms. The van der Waals surface area contributed by atoms with Crippen LogP contribution in [0.2, 0.25) is 0 Å². The summed E-state index contributed by atoms with van der Waals surface area (Å²) >= 11 is 0. The van der Waals surface area contributed by atoms with Gasteiger partial charge in [0, 0.05) is 39.4 Å². The van der Waals surface area contributed by atoms with Gasteiger partial charge in [-0.2, -0.15) is 0 Å². The van der Waals surface area contributed by atoms with Gasteiger partial charge in [-0.3, -0.25) is 9.59 Å². The molecule has 1 aromatic rings. The quantitative estimate of drug-likeness (QED) is 0.724. The molecule has 0 aliphatic carbocycles. The number of rotatable bonds is 4. The van der Waals surface area contributed by atoms with Crippen molar-refractivity contribution in [1.29, 1.82) is 0 Å². The van der Waals surface area contributed by atoms with Gasteiger partial charge in [0.15, 0.2) is 0 Å². The third-order valence-corrected chi connectivity index (χ3v) is 5.43. The van der Waals surface area contributed by atoms with Gasteiger partial charge < -0.3 is 14.2 Å². The van der Waals surface area contributed by atoms with E-state index in [4.69, 9.17) is 4.74 Å². The number of aromatic nitrogens is 1. The number of ether oxygens (including phenoxy) is 1. The van der Waals surface area contributed by atoms with Gasteiger partial charge in [-0.1, -0.05) is 0 Å². The van der Waals surface area contributed by atoms with Crippen molar-refractivity contribution >= 4 is 15.9 Å². The molecule has 8 nitrogen and oxygen atoms in total. The molecule has 1 aromatic heterocycles. The number of sulfonamides is 1. The second-order valence-corrected chi connectivity index (χ2v) is 7.79. The zero-order valence-electron chi connectivity index (χ0n) is 13.4. The highest BCUT2D eigenvalue weighted by Crippen LogP contribution is 2.11. The Morgan fingerprint density at radius 2 is 2.09 bits per heavy atom. The third kappa shape index (κ3) is 3.98. The molecule has 1 fully saturated rings. The standard InChI is InChI=1S/C14H21N3O5S/c1-11-8-16(6-7-22-11)14(19)10-17-9-12(4-5-13(17)18)23(20,21)15(2)3/h4-5,9,11H,6-8,10H2,1-3H3. The van der Waals surface area contributed by atoms with Crippen LogP contribution in [0.3, 0.4) is 0 Å². The summed E-state index contributed by atoms with van der Waals surface area (Å²) in [6.45, 7) is 3.06. The average molecular weight is 343 g/mol. The van der Waals surface area contributed by atoms with Crippen LogP contribution in [0.4, 0.5) is 0 Å². The van der Waals surface area contributed by atoms with E-state index in [-0.39, 0.29) is 23.5 Å². The van der Waals surface area contributed by atoms with Crippen LogP contribution in [0.25, 0.3) is 0 Å². The molecule has 0 bridgehead atoms. The van der Waals surface area contributed by atoms with E-state index in [0.29, 0.717) is 19.7 Å². The van der Waals surface area contributed by atoms with Crippen molar-refractivity contribution in [2.75, 3.05) is 33.8 Å². The van der Waals surface area contributed by atoms with Crippen molar-refractivity contribution in [3.8, 4) is 0 Å². The average Bonchev–Trinajstić information content (AvgIpc) is 2.49. The van der Waals surface area contributed by atoms with Crippen LogP contribution in [0.5, 0.6) is 0 Å². The Labute approximate surface area is 135 Å². The molecule has 1 aliphatic rings. The number of morpholine rings is 1. The smallest absolute Gasteiger partial charge is 0.251 e. The van der Waals surface area contributed by atoms with E-state index in [9.17, 15) is 18.0 Å². The molecule has 0 spiro atoms. The molecule has 128 valence electrons. The summed E-state index contributed by atoms with van der Waals surface area (Å²) in [5.74, 6) is -0.235. The summed E-state index contributed by atoms with van der Waals surface area (Å²) in [7, 11) is -0.841. The highest BCUT2D eigenvalue weighted by Gasteiger charge is 2.23. The molecule has 1 aliphatic heterocycles. The summed E-state index contributed by atoms with van der Waals surface area (Å²) in [4.78, 5) is 25.8. The number of pyridine rings is 1. The number of carbonyl (C=O) groups excluding carboxylic acids is 1. The van der Waals surface area contributed by atoms with E-state index >= 15 is 0 Å². The SMILES string of the molecule is CC1CN(C(=O)Cn2cc(S(=O)(=O)N(C)C)ccc2=O)CCO1. The summed E-state index contributed by atoms with van der Waals surface area (Å²) in [6, 6.07) is 2.40. The Bertz CT molecular complexity index is 741. The summed E-state index contributed by atoms with van der Waals surface area (Å²) in [5.41, 5.74) is -0.419. The molecule has 1 saturated heterocycles. The normalized spacial score (nSPS) is 19.1. The molecule has 23 heavy (non-hydrogen) atoms. The van der Waals surface area contributed by atoms with Crippen molar-refractivity contribution in [1.82, 2.24) is 13.8 Å². The van der Waals surface area contributed by atoms with Crippen LogP contribution in [0.1, 0.15) is 6.92 Å². The summed E-state index contributed by atoms with van der Waals surface area (Å²) < 4.78 is 31.8. The first-order valence-corrected chi connectivity index (χ1v) is 8.68. The number of carbonyl (C=O) groups is 1. The lowest BCUT2D eigenvalue weighted by Crippen LogP contribution is -2.46. The first kappa shape index (κ1) is 17.6. The highest BCUT2D eigenvalue weighted by atomic mass is 32.2. The molecule has 0 saturated carbocycles. The van der Waals surface area contributed by atoms with Gasteiger partial charge in [0.1, 0.15) is 6.54 Å². The van der Waals surface area contributed by atoms with E-state index in [2.05, 4.69) is 0 Å². The Balaban J connectivity index is 2.23. The van der Waals surface area contributed by atoms with E-state index in [1.807, 2.05) is 6.92 Å². The van der Waals surface area contributed by atoms with E-state index in [1.165, 1.54) is 26.4 Å². The molecular weight excluding hydrogens is 322 g/mol. The minimum absolute atomic E-state index is 0.0229. The lowest BCUT2D eigenvalue weighted by molar-refractivity contribution is -0.138. The lowest BCUT2D eigenvalue weighted by Gasteiger charge is -2.31. The van der Waals surface area contributed by atoms with Crippen LogP contribution in [-0.2, 0) is 26.1 Å². The number of amides is 1. The maximum atomic E-state index is 12.3. The zero-order valence-corrected chi connectivity index (χ0v) is 14.2. The summed E-state index contributed by atoms with van der Waals surface area (Å²) in [6.07, 6.45) is 1.16.